The zero-order chi connectivity index (χ0) is 38.7. The van der Waals surface area contributed by atoms with E-state index < -0.39 is 0 Å². The van der Waals surface area contributed by atoms with E-state index in [1.807, 2.05) is 36.4 Å². The van der Waals surface area contributed by atoms with E-state index in [0.29, 0.717) is 5.56 Å². The number of fused-ring (bicyclic) bond motifs is 9. The molecule has 9 aromatic carbocycles. The third kappa shape index (κ3) is 4.56. The summed E-state index contributed by atoms with van der Waals surface area (Å²) in [5.41, 5.74) is 14.6. The highest BCUT2D eigenvalue weighted by molar-refractivity contribution is 6.16. The second-order valence-corrected chi connectivity index (χ2v) is 16.1. The van der Waals surface area contributed by atoms with Gasteiger partial charge in [-0.3, -0.25) is 0 Å². The summed E-state index contributed by atoms with van der Waals surface area (Å²) in [6, 6.07) is 65.3. The molecule has 0 N–H and O–H groups in total. The Bertz CT molecular complexity index is 3420. The highest BCUT2D eigenvalue weighted by atomic mass is 16.5. The summed E-state index contributed by atoms with van der Waals surface area (Å²) in [7, 11) is 0. The molecule has 0 spiro atoms. The summed E-state index contributed by atoms with van der Waals surface area (Å²) in [5.74, 6) is 1.71. The minimum absolute atomic E-state index is 0.117. The lowest BCUT2D eigenvalue weighted by molar-refractivity contribution is 0.487. The highest BCUT2D eigenvalue weighted by Crippen LogP contribution is 2.52. The van der Waals surface area contributed by atoms with Crippen molar-refractivity contribution in [1.29, 1.82) is 5.26 Å². The molecule has 0 radical (unpaired) electrons. The van der Waals surface area contributed by atoms with Crippen LogP contribution in [0.4, 0.5) is 17.1 Å². The molecule has 2 heterocycles. The predicted molar refractivity (Wildman–Crippen MR) is 238 cm³/mol. The average molecular weight is 742 g/mol. The van der Waals surface area contributed by atoms with Crippen molar-refractivity contribution in [3.8, 4) is 45.5 Å². The zero-order valence-corrected chi connectivity index (χ0v) is 32.0. The van der Waals surface area contributed by atoms with E-state index in [4.69, 9.17) is 4.74 Å². The maximum absolute atomic E-state index is 9.75. The quantitative estimate of drug-likeness (QED) is 0.180. The van der Waals surface area contributed by atoms with E-state index >= 15 is 0 Å². The number of anilines is 3. The summed E-state index contributed by atoms with van der Waals surface area (Å²) < 4.78 is 8.96. The highest BCUT2D eigenvalue weighted by Gasteiger charge is 2.35. The van der Waals surface area contributed by atoms with Gasteiger partial charge in [-0.2, -0.15) is 5.26 Å². The molecule has 272 valence electrons. The normalized spacial score (nSPS) is 13.3. The smallest absolute Gasteiger partial charge is 0.135 e. The van der Waals surface area contributed by atoms with Crippen molar-refractivity contribution in [2.45, 2.75) is 19.3 Å². The van der Waals surface area contributed by atoms with Crippen LogP contribution in [0.2, 0.25) is 0 Å². The lowest BCUT2D eigenvalue weighted by atomic mass is 9.82. The molecule has 4 heteroatoms. The minimum Gasteiger partial charge on any atom is -0.456 e. The van der Waals surface area contributed by atoms with Crippen LogP contribution in [-0.4, -0.2) is 4.57 Å². The summed E-state index contributed by atoms with van der Waals surface area (Å²) in [4.78, 5) is 2.32. The Morgan fingerprint density at radius 2 is 1.21 bits per heavy atom. The van der Waals surface area contributed by atoms with Crippen LogP contribution >= 0.6 is 0 Å². The maximum atomic E-state index is 9.75. The molecule has 2 aliphatic rings. The number of rotatable bonds is 4. The van der Waals surface area contributed by atoms with Crippen molar-refractivity contribution in [2.24, 2.45) is 0 Å². The van der Waals surface area contributed by atoms with Gasteiger partial charge in [0.1, 0.15) is 11.5 Å². The van der Waals surface area contributed by atoms with E-state index in [0.717, 1.165) is 61.7 Å². The van der Waals surface area contributed by atoms with Gasteiger partial charge in [-0.05, 0) is 124 Å². The molecule has 1 aromatic heterocycles. The van der Waals surface area contributed by atoms with Gasteiger partial charge >= 0.3 is 0 Å². The van der Waals surface area contributed by atoms with E-state index in [1.54, 1.807) is 0 Å². The fraction of sp³-hybridized carbons (Fsp3) is 0.0556. The second kappa shape index (κ2) is 11.9. The number of nitriles is 1. The Balaban J connectivity index is 1.11. The molecule has 1 aliphatic carbocycles. The first kappa shape index (κ1) is 32.6. The van der Waals surface area contributed by atoms with Crippen molar-refractivity contribution in [1.82, 2.24) is 4.57 Å². The molecule has 12 rings (SSSR count). The van der Waals surface area contributed by atoms with Crippen LogP contribution in [0.15, 0.2) is 176 Å². The Morgan fingerprint density at radius 3 is 2.05 bits per heavy atom. The van der Waals surface area contributed by atoms with E-state index in [-0.39, 0.29) is 5.41 Å². The monoisotopic (exact) mass is 741 g/mol. The third-order valence-corrected chi connectivity index (χ3v) is 12.6. The molecule has 10 aromatic rings. The Kier molecular flexibility index (Phi) is 6.72. The molecule has 0 fully saturated rings. The van der Waals surface area contributed by atoms with Crippen LogP contribution in [0, 0.1) is 11.3 Å². The van der Waals surface area contributed by atoms with Crippen molar-refractivity contribution in [3.05, 3.63) is 193 Å². The van der Waals surface area contributed by atoms with Crippen LogP contribution in [0.3, 0.4) is 0 Å². The van der Waals surface area contributed by atoms with Gasteiger partial charge in [0.05, 0.1) is 28.4 Å². The molecule has 0 saturated heterocycles. The number of ether oxygens (including phenoxy) is 1. The molecule has 58 heavy (non-hydrogen) atoms. The predicted octanol–water partition coefficient (Wildman–Crippen LogP) is 14.5. The largest absolute Gasteiger partial charge is 0.456 e. The van der Waals surface area contributed by atoms with Crippen LogP contribution in [0.25, 0.3) is 71.3 Å². The number of nitrogens with zero attached hydrogens (tertiary/aromatic N) is 3. The van der Waals surface area contributed by atoms with Crippen molar-refractivity contribution in [3.63, 3.8) is 0 Å². The maximum Gasteiger partial charge on any atom is 0.135 e. The van der Waals surface area contributed by atoms with Gasteiger partial charge in [-0.15, -0.1) is 0 Å². The standard InChI is InChI=1S/C54H35N3O/c1-54(2)46-15-7-5-12-39(46)40-24-22-38(31-47(40)54)57-49-26-23-37(30-45(49)44-28-34-10-3-4-11-35(34)29-50(44)57)56(36-20-18-33(32-55)19-21-36)48-27-25-42-41-13-6-8-16-51(41)58-52-17-9-14-43(48)53(42)52/h3-31H,1-2H3. The van der Waals surface area contributed by atoms with Crippen LogP contribution in [0.1, 0.15) is 30.5 Å². The SMILES string of the molecule is CC1(C)c2ccccc2-c2ccc(-n3c4ccc(N(c5ccc(C#N)cc5)c5ccc6c7c(cccc57)Oc5ccccc5-6)cc4c4cc5ccccc5cc43)cc21. The molecular formula is C54H35N3O. The van der Waals surface area contributed by atoms with Gasteiger partial charge in [-0.25, -0.2) is 0 Å². The number of hydrogen-bond donors (Lipinski definition) is 0. The van der Waals surface area contributed by atoms with E-state index in [1.165, 1.54) is 49.3 Å². The first-order chi connectivity index (χ1) is 28.5. The lowest BCUT2D eigenvalue weighted by Crippen LogP contribution is -2.15. The molecule has 1 aliphatic heterocycles. The zero-order valence-electron chi connectivity index (χ0n) is 32.0. The first-order valence-electron chi connectivity index (χ1n) is 19.8. The molecule has 0 bridgehead atoms. The topological polar surface area (TPSA) is 41.2 Å². The molecule has 0 amide bonds. The number of aromatic nitrogens is 1. The van der Waals surface area contributed by atoms with Gasteiger partial charge in [0, 0.05) is 49.6 Å². The summed E-state index contributed by atoms with van der Waals surface area (Å²) >= 11 is 0. The van der Waals surface area contributed by atoms with Crippen LogP contribution in [-0.2, 0) is 5.41 Å². The second-order valence-electron chi connectivity index (χ2n) is 16.1. The molecular weight excluding hydrogens is 707 g/mol. The fourth-order valence-electron chi connectivity index (χ4n) is 9.81. The van der Waals surface area contributed by atoms with Gasteiger partial charge in [0.25, 0.3) is 0 Å². The molecule has 4 nitrogen and oxygen atoms in total. The molecule has 0 atom stereocenters. The van der Waals surface area contributed by atoms with Crippen LogP contribution in [0.5, 0.6) is 11.5 Å². The minimum atomic E-state index is -0.117. The summed E-state index contributed by atoms with van der Waals surface area (Å²) in [5, 5.41) is 16.7. The Morgan fingerprint density at radius 1 is 0.517 bits per heavy atom. The van der Waals surface area contributed by atoms with Gasteiger partial charge in [0.15, 0.2) is 0 Å². The average Bonchev–Trinajstić information content (AvgIpc) is 3.70. The van der Waals surface area contributed by atoms with Crippen molar-refractivity contribution < 1.29 is 4.74 Å². The summed E-state index contributed by atoms with van der Waals surface area (Å²) in [6.07, 6.45) is 0. The van der Waals surface area contributed by atoms with E-state index in [2.05, 4.69) is 169 Å². The molecule has 0 unspecified atom stereocenters. The third-order valence-electron chi connectivity index (χ3n) is 12.6. The van der Waals surface area contributed by atoms with Gasteiger partial charge in [0.2, 0.25) is 0 Å². The lowest BCUT2D eigenvalue weighted by Gasteiger charge is -2.29. The fourth-order valence-corrected chi connectivity index (χ4v) is 9.81. The molecule has 0 saturated carbocycles. The van der Waals surface area contributed by atoms with E-state index in [9.17, 15) is 5.26 Å². The van der Waals surface area contributed by atoms with Gasteiger partial charge < -0.3 is 14.2 Å². The Hall–Kier alpha value is -7.61. The van der Waals surface area contributed by atoms with Crippen molar-refractivity contribution in [2.75, 3.05) is 4.90 Å². The number of para-hydroxylation sites is 1. The Labute approximate surface area is 336 Å². The number of hydrogen-bond acceptors (Lipinski definition) is 3. The summed E-state index contributed by atoms with van der Waals surface area (Å²) in [6.45, 7) is 4.69. The van der Waals surface area contributed by atoms with Gasteiger partial charge in [-0.1, -0.05) is 105 Å². The first-order valence-corrected chi connectivity index (χ1v) is 19.8. The van der Waals surface area contributed by atoms with Crippen LogP contribution < -0.4 is 9.64 Å². The number of benzene rings is 9. The van der Waals surface area contributed by atoms with Crippen molar-refractivity contribution >= 4 is 60.4 Å².